The monoisotopic (exact) mass is 562 g/mol. The Kier molecular flexibility index (Phi) is 6.33. The Morgan fingerprint density at radius 1 is 0.667 bits per heavy atom. The number of benzene rings is 1. The molecular formula is C34H34N4O4. The van der Waals surface area contributed by atoms with Crippen molar-refractivity contribution in [3.05, 3.63) is 81.2 Å². The molecule has 1 aromatic carbocycles. The number of nitrogens with one attached hydrogen (secondary N) is 2. The molecule has 0 unspecified atom stereocenters. The first-order valence-electron chi connectivity index (χ1n) is 13.9. The third kappa shape index (κ3) is 4.29. The van der Waals surface area contributed by atoms with E-state index in [4.69, 9.17) is 19.4 Å². The quantitative estimate of drug-likeness (QED) is 0.225. The van der Waals surface area contributed by atoms with Gasteiger partial charge in [0.15, 0.2) is 0 Å². The summed E-state index contributed by atoms with van der Waals surface area (Å²) >= 11 is 0. The molecule has 8 nitrogen and oxygen atoms in total. The molecule has 8 bridgehead atoms. The van der Waals surface area contributed by atoms with Crippen LogP contribution in [0.4, 0.5) is 0 Å². The number of esters is 2. The van der Waals surface area contributed by atoms with Gasteiger partial charge in [-0.2, -0.15) is 0 Å². The zero-order valence-corrected chi connectivity index (χ0v) is 25.2. The van der Waals surface area contributed by atoms with Crippen LogP contribution in [-0.2, 0) is 21.3 Å². The Morgan fingerprint density at radius 2 is 1.12 bits per heavy atom. The van der Waals surface area contributed by atoms with Gasteiger partial charge in [-0.3, -0.25) is 4.98 Å². The number of ether oxygens (including phenoxy) is 2. The van der Waals surface area contributed by atoms with Crippen molar-refractivity contribution in [2.24, 2.45) is 0 Å². The van der Waals surface area contributed by atoms with Crippen molar-refractivity contribution in [3.63, 3.8) is 0 Å². The number of hydrogen-bond donors (Lipinski definition) is 2. The summed E-state index contributed by atoms with van der Waals surface area (Å²) < 4.78 is 10.0. The average Bonchev–Trinajstić information content (AvgIpc) is 3.62. The van der Waals surface area contributed by atoms with Crippen LogP contribution in [0.1, 0.15) is 68.2 Å². The number of hydrogen-bond acceptors (Lipinski definition) is 6. The summed E-state index contributed by atoms with van der Waals surface area (Å²) in [6, 6.07) is 11.6. The summed E-state index contributed by atoms with van der Waals surface area (Å²) in [5.74, 6) is -1.24. The summed E-state index contributed by atoms with van der Waals surface area (Å²) in [5.41, 5.74) is 13.3. The van der Waals surface area contributed by atoms with Crippen LogP contribution in [0.25, 0.3) is 44.6 Å². The molecule has 4 aromatic rings. The standard InChI is InChI=1S/C34H34N4O4/c1-16-17(2)26-12-27-18(3)19(4)28(37-27)13-29-21-10-23(32(39)41-7)24(33(40)42-8)11-22(21)30(38-29)14-31-34(5,6)15-20(35-31)9-25(16)36-26/h9-14,36-37H,15H2,1-8H3. The van der Waals surface area contributed by atoms with Gasteiger partial charge >= 0.3 is 11.9 Å². The summed E-state index contributed by atoms with van der Waals surface area (Å²) in [6.45, 7) is 12.8. The number of aromatic amines is 2. The number of carbonyl (C=O) groups is 2. The first-order valence-corrected chi connectivity index (χ1v) is 13.9. The Morgan fingerprint density at radius 3 is 1.62 bits per heavy atom. The molecule has 2 aliphatic rings. The zero-order chi connectivity index (χ0) is 30.1. The van der Waals surface area contributed by atoms with Gasteiger partial charge in [0.05, 0.1) is 36.7 Å². The van der Waals surface area contributed by atoms with E-state index < -0.39 is 11.9 Å². The van der Waals surface area contributed by atoms with Gasteiger partial charge in [-0.25, -0.2) is 14.6 Å². The number of nitrogens with zero attached hydrogens (tertiary/aromatic N) is 2. The summed E-state index contributed by atoms with van der Waals surface area (Å²) in [6.07, 6.45) is 0.769. The second kappa shape index (κ2) is 9.69. The fraction of sp³-hybridized carbons (Fsp3) is 0.294. The molecule has 0 amide bonds. The van der Waals surface area contributed by atoms with Gasteiger partial charge in [-0.05, 0) is 86.3 Å². The van der Waals surface area contributed by atoms with E-state index >= 15 is 0 Å². The van der Waals surface area contributed by atoms with Crippen molar-refractivity contribution in [1.82, 2.24) is 19.9 Å². The average molecular weight is 563 g/mol. The van der Waals surface area contributed by atoms with Gasteiger partial charge in [-0.15, -0.1) is 0 Å². The summed E-state index contributed by atoms with van der Waals surface area (Å²) in [4.78, 5) is 42.9. The number of aromatic nitrogens is 4. The van der Waals surface area contributed by atoms with Gasteiger partial charge in [0.2, 0.25) is 0 Å². The van der Waals surface area contributed by atoms with Gasteiger partial charge in [0.1, 0.15) is 0 Å². The molecule has 5 heterocycles. The Bertz CT molecular complexity index is 1990. The van der Waals surface area contributed by atoms with E-state index in [9.17, 15) is 9.59 Å². The number of H-pyrrole nitrogens is 2. The van der Waals surface area contributed by atoms with Crippen LogP contribution < -0.4 is 0 Å². The Balaban J connectivity index is 1.77. The van der Waals surface area contributed by atoms with Crippen molar-refractivity contribution < 1.29 is 19.1 Å². The minimum atomic E-state index is -0.621. The van der Waals surface area contributed by atoms with Gasteiger partial charge in [0.25, 0.3) is 0 Å². The van der Waals surface area contributed by atoms with Crippen LogP contribution in [0, 0.1) is 27.7 Å². The maximum Gasteiger partial charge on any atom is 0.338 e. The molecule has 2 N–H and O–H groups in total. The lowest BCUT2D eigenvalue weighted by atomic mass is 9.86. The molecule has 6 rings (SSSR count). The van der Waals surface area contributed by atoms with E-state index in [1.54, 1.807) is 12.1 Å². The normalized spacial score (nSPS) is 13.5. The SMILES string of the molecule is COC(=O)c1cc2c(cc1C(=O)OC)-c1cc3[nH]c(cc4[nH]c(cc5nc(cc-2n1)C(C)(C)C5)c(C)c4C)c(C)c3C. The lowest BCUT2D eigenvalue weighted by Gasteiger charge is -2.16. The van der Waals surface area contributed by atoms with Crippen LogP contribution in [-0.4, -0.2) is 46.1 Å². The maximum absolute atomic E-state index is 12.8. The number of methoxy groups -OCH3 is 2. The topological polar surface area (TPSA) is 110 Å². The molecule has 42 heavy (non-hydrogen) atoms. The zero-order valence-electron chi connectivity index (χ0n) is 25.2. The fourth-order valence-corrected chi connectivity index (χ4v) is 5.88. The van der Waals surface area contributed by atoms with Crippen LogP contribution in [0.5, 0.6) is 0 Å². The molecule has 3 aromatic heterocycles. The predicted octanol–water partition coefficient (Wildman–Crippen LogP) is 6.98. The van der Waals surface area contributed by atoms with Crippen molar-refractivity contribution in [2.75, 3.05) is 14.2 Å². The third-order valence-corrected chi connectivity index (χ3v) is 8.78. The molecule has 0 radical (unpaired) electrons. The minimum absolute atomic E-state index is 0.126. The molecule has 0 saturated heterocycles. The Labute approximate surface area is 244 Å². The van der Waals surface area contributed by atoms with Crippen molar-refractivity contribution in [2.45, 2.75) is 53.4 Å². The maximum atomic E-state index is 12.8. The highest BCUT2D eigenvalue weighted by atomic mass is 16.5. The predicted molar refractivity (Wildman–Crippen MR) is 164 cm³/mol. The number of fused-ring (bicyclic) bond motifs is 11. The van der Waals surface area contributed by atoms with Crippen LogP contribution in [0.3, 0.4) is 0 Å². The largest absolute Gasteiger partial charge is 0.465 e. The molecule has 0 fully saturated rings. The minimum Gasteiger partial charge on any atom is -0.465 e. The second-order valence-electron chi connectivity index (χ2n) is 11.8. The highest BCUT2D eigenvalue weighted by Gasteiger charge is 2.31. The summed E-state index contributed by atoms with van der Waals surface area (Å²) in [7, 11) is 2.58. The molecule has 8 heteroatoms. The summed E-state index contributed by atoms with van der Waals surface area (Å²) in [5, 5.41) is 0. The molecule has 0 saturated carbocycles. The van der Waals surface area contributed by atoms with Crippen molar-refractivity contribution in [1.29, 1.82) is 0 Å². The second-order valence-corrected chi connectivity index (χ2v) is 11.8. The highest BCUT2D eigenvalue weighted by molar-refractivity contribution is 6.06. The van der Waals surface area contributed by atoms with Gasteiger partial charge < -0.3 is 19.4 Å². The van der Waals surface area contributed by atoms with Crippen LogP contribution >= 0.6 is 0 Å². The lowest BCUT2D eigenvalue weighted by Crippen LogP contribution is -2.15. The lowest BCUT2D eigenvalue weighted by molar-refractivity contribution is 0.0555. The number of carbonyl (C=O) groups excluding carboxylic acids is 2. The van der Waals surface area contributed by atoms with E-state index in [-0.39, 0.29) is 16.5 Å². The molecule has 0 aliphatic carbocycles. The van der Waals surface area contributed by atoms with E-state index in [0.717, 1.165) is 62.1 Å². The highest BCUT2D eigenvalue weighted by Crippen LogP contribution is 2.40. The third-order valence-electron chi connectivity index (χ3n) is 8.78. The van der Waals surface area contributed by atoms with Crippen LogP contribution in [0.15, 0.2) is 36.4 Å². The molecular weight excluding hydrogens is 528 g/mol. The van der Waals surface area contributed by atoms with E-state index in [1.807, 2.05) is 12.1 Å². The number of rotatable bonds is 2. The van der Waals surface area contributed by atoms with E-state index in [1.165, 1.54) is 25.3 Å². The van der Waals surface area contributed by atoms with Crippen molar-refractivity contribution in [3.8, 4) is 22.5 Å². The number of aryl methyl sites for hydroxylation is 4. The van der Waals surface area contributed by atoms with Gasteiger partial charge in [-0.1, -0.05) is 13.8 Å². The molecule has 2 aliphatic heterocycles. The van der Waals surface area contributed by atoms with E-state index in [2.05, 4.69) is 63.6 Å². The Hall–Kier alpha value is -4.72. The molecule has 214 valence electrons. The smallest absolute Gasteiger partial charge is 0.338 e. The molecule has 0 spiro atoms. The first kappa shape index (κ1) is 27.4. The molecule has 0 atom stereocenters. The first-order chi connectivity index (χ1) is 19.9. The van der Waals surface area contributed by atoms with Crippen LogP contribution in [0.2, 0.25) is 0 Å². The fourth-order valence-electron chi connectivity index (χ4n) is 5.88. The van der Waals surface area contributed by atoms with E-state index in [0.29, 0.717) is 11.4 Å². The van der Waals surface area contributed by atoms with Gasteiger partial charge in [0, 0.05) is 56.4 Å². The van der Waals surface area contributed by atoms with Crippen molar-refractivity contribution >= 4 is 34.0 Å².